The average molecular weight is 197 g/mol. The quantitative estimate of drug-likeness (QED) is 0.450. The lowest BCUT2D eigenvalue weighted by Crippen LogP contribution is -2.30. The molecule has 1 heterocycles. The number of hydrogen-bond donors (Lipinski definition) is 2. The first kappa shape index (κ1) is 10.2. The van der Waals surface area contributed by atoms with Gasteiger partial charge in [-0.15, -0.1) is 0 Å². The zero-order valence-corrected chi connectivity index (χ0v) is 7.96. The van der Waals surface area contributed by atoms with E-state index in [1.165, 1.54) is 6.92 Å². The third-order valence-corrected chi connectivity index (χ3v) is 1.63. The van der Waals surface area contributed by atoms with Crippen LogP contribution in [0.1, 0.15) is 13.8 Å². The molecule has 1 aliphatic rings. The topological polar surface area (TPSA) is 93.8 Å². The van der Waals surface area contributed by atoms with E-state index in [1.54, 1.807) is 6.92 Å². The molecule has 0 spiro atoms. The number of guanidine groups is 1. The van der Waals surface area contributed by atoms with E-state index in [1.807, 2.05) is 0 Å². The van der Waals surface area contributed by atoms with Gasteiger partial charge in [0.05, 0.1) is 12.2 Å². The van der Waals surface area contributed by atoms with Crippen LogP contribution in [0.4, 0.5) is 0 Å². The van der Waals surface area contributed by atoms with Gasteiger partial charge in [0.25, 0.3) is 5.91 Å². The van der Waals surface area contributed by atoms with Gasteiger partial charge in [-0.3, -0.25) is 10.1 Å². The van der Waals surface area contributed by atoms with E-state index >= 15 is 0 Å². The van der Waals surface area contributed by atoms with Gasteiger partial charge in [-0.2, -0.15) is 0 Å². The van der Waals surface area contributed by atoms with E-state index in [4.69, 9.17) is 10.5 Å². The Morgan fingerprint density at radius 3 is 2.71 bits per heavy atom. The molecule has 0 saturated carbocycles. The summed E-state index contributed by atoms with van der Waals surface area (Å²) in [7, 11) is 0. The maximum absolute atomic E-state index is 11.2. The Balaban J connectivity index is 2.93. The van der Waals surface area contributed by atoms with Crippen molar-refractivity contribution in [3.63, 3.8) is 0 Å². The normalized spacial score (nSPS) is 18.7. The van der Waals surface area contributed by atoms with Gasteiger partial charge >= 0.3 is 5.97 Å². The number of carbonyl (C=O) groups is 2. The second-order valence-electron chi connectivity index (χ2n) is 2.65. The first-order valence-electron chi connectivity index (χ1n) is 4.09. The standard InChI is InChI=1S/C8H11N3O3/c1-3-14-7(13)4(2)5-6(12)11-8(9)10-5/h3H2,1-2H3,(H3,9,10,11,12). The first-order chi connectivity index (χ1) is 6.56. The molecular formula is C8H11N3O3. The highest BCUT2D eigenvalue weighted by molar-refractivity contribution is 6.14. The number of carbonyl (C=O) groups excluding carboxylic acids is 2. The summed E-state index contributed by atoms with van der Waals surface area (Å²) >= 11 is 0. The maximum Gasteiger partial charge on any atom is 0.336 e. The Morgan fingerprint density at radius 1 is 1.64 bits per heavy atom. The predicted octanol–water partition coefficient (Wildman–Crippen LogP) is -0.732. The third kappa shape index (κ3) is 1.90. The smallest absolute Gasteiger partial charge is 0.336 e. The van der Waals surface area contributed by atoms with Gasteiger partial charge in [-0.05, 0) is 13.8 Å². The summed E-state index contributed by atoms with van der Waals surface area (Å²) in [5.41, 5.74) is 5.43. The number of esters is 1. The highest BCUT2D eigenvalue weighted by Gasteiger charge is 2.23. The number of rotatable bonds is 2. The molecule has 6 heteroatoms. The lowest BCUT2D eigenvalue weighted by atomic mass is 10.2. The van der Waals surface area contributed by atoms with Crippen molar-refractivity contribution in [2.45, 2.75) is 13.8 Å². The van der Waals surface area contributed by atoms with Crippen molar-refractivity contribution in [3.05, 3.63) is 11.3 Å². The van der Waals surface area contributed by atoms with Crippen LogP contribution in [-0.2, 0) is 14.3 Å². The van der Waals surface area contributed by atoms with Crippen LogP contribution in [0.25, 0.3) is 0 Å². The first-order valence-corrected chi connectivity index (χ1v) is 4.09. The Labute approximate surface area is 80.8 Å². The van der Waals surface area contributed by atoms with Crippen LogP contribution in [-0.4, -0.2) is 24.4 Å². The van der Waals surface area contributed by atoms with E-state index in [0.29, 0.717) is 0 Å². The van der Waals surface area contributed by atoms with Crippen LogP contribution in [0.3, 0.4) is 0 Å². The number of nitrogens with two attached hydrogens (primary N) is 1. The fraction of sp³-hybridized carbons (Fsp3) is 0.375. The van der Waals surface area contributed by atoms with E-state index in [2.05, 4.69) is 10.3 Å². The molecule has 1 amide bonds. The Morgan fingerprint density at radius 2 is 2.29 bits per heavy atom. The molecule has 0 unspecified atom stereocenters. The van der Waals surface area contributed by atoms with Crippen LogP contribution in [0.2, 0.25) is 0 Å². The molecule has 1 rings (SSSR count). The van der Waals surface area contributed by atoms with Gasteiger partial charge in [0.2, 0.25) is 5.96 Å². The molecular weight excluding hydrogens is 186 g/mol. The summed E-state index contributed by atoms with van der Waals surface area (Å²) < 4.78 is 4.71. The van der Waals surface area contributed by atoms with E-state index in [0.717, 1.165) is 0 Å². The molecule has 6 nitrogen and oxygen atoms in total. The molecule has 0 fully saturated rings. The minimum atomic E-state index is -0.559. The highest BCUT2D eigenvalue weighted by Crippen LogP contribution is 2.11. The van der Waals surface area contributed by atoms with Crippen molar-refractivity contribution in [3.8, 4) is 0 Å². The van der Waals surface area contributed by atoms with Crippen LogP contribution in [0.15, 0.2) is 16.3 Å². The number of hydrogen-bond acceptors (Lipinski definition) is 5. The molecule has 3 N–H and O–H groups in total. The molecule has 76 valence electrons. The summed E-state index contributed by atoms with van der Waals surface area (Å²) in [6.45, 7) is 3.40. The lowest BCUT2D eigenvalue weighted by Gasteiger charge is -2.01. The van der Waals surface area contributed by atoms with Crippen molar-refractivity contribution in [1.29, 1.82) is 0 Å². The molecule has 0 atom stereocenters. The van der Waals surface area contributed by atoms with Gasteiger partial charge in [-0.25, -0.2) is 9.79 Å². The van der Waals surface area contributed by atoms with Crippen molar-refractivity contribution in [2.75, 3.05) is 6.61 Å². The monoisotopic (exact) mass is 197 g/mol. The van der Waals surface area contributed by atoms with Crippen molar-refractivity contribution in [2.24, 2.45) is 10.7 Å². The maximum atomic E-state index is 11.2. The van der Waals surface area contributed by atoms with Crippen LogP contribution >= 0.6 is 0 Å². The average Bonchev–Trinajstić information content (AvgIpc) is 2.44. The number of ether oxygens (including phenoxy) is 1. The predicted molar refractivity (Wildman–Crippen MR) is 49.1 cm³/mol. The number of aliphatic imine (C=N–C) groups is 1. The SMILES string of the molecule is CCOC(=O)C(C)=C1N=C(N)NC1=O. The molecule has 0 aromatic heterocycles. The highest BCUT2D eigenvalue weighted by atomic mass is 16.5. The van der Waals surface area contributed by atoms with Gasteiger partial charge in [0.1, 0.15) is 5.70 Å². The van der Waals surface area contributed by atoms with Crippen LogP contribution in [0, 0.1) is 0 Å². The van der Waals surface area contributed by atoms with Gasteiger partial charge < -0.3 is 10.5 Å². The van der Waals surface area contributed by atoms with Crippen molar-refractivity contribution >= 4 is 17.8 Å². The Kier molecular flexibility index (Phi) is 2.85. The summed E-state index contributed by atoms with van der Waals surface area (Å²) in [5, 5.41) is 2.27. The summed E-state index contributed by atoms with van der Waals surface area (Å²) in [6, 6.07) is 0. The number of nitrogens with zero attached hydrogens (tertiary/aromatic N) is 1. The molecule has 0 bridgehead atoms. The molecule has 0 aromatic rings. The van der Waals surface area contributed by atoms with E-state index < -0.39 is 11.9 Å². The largest absolute Gasteiger partial charge is 0.463 e. The summed E-state index contributed by atoms with van der Waals surface area (Å²) in [6.07, 6.45) is 0. The number of amides is 1. The molecule has 0 aromatic carbocycles. The molecule has 14 heavy (non-hydrogen) atoms. The minimum absolute atomic E-state index is 0.00588. The summed E-state index contributed by atoms with van der Waals surface area (Å²) in [5.74, 6) is -1.04. The molecule has 0 saturated heterocycles. The Bertz CT molecular complexity index is 344. The molecule has 0 aliphatic carbocycles. The van der Waals surface area contributed by atoms with Crippen molar-refractivity contribution in [1.82, 2.24) is 5.32 Å². The third-order valence-electron chi connectivity index (χ3n) is 1.63. The zero-order valence-electron chi connectivity index (χ0n) is 7.96. The minimum Gasteiger partial charge on any atom is -0.463 e. The Hall–Kier alpha value is -1.85. The van der Waals surface area contributed by atoms with Crippen molar-refractivity contribution < 1.29 is 14.3 Å². The van der Waals surface area contributed by atoms with E-state index in [9.17, 15) is 9.59 Å². The van der Waals surface area contributed by atoms with E-state index in [-0.39, 0.29) is 23.8 Å². The molecule has 0 radical (unpaired) electrons. The van der Waals surface area contributed by atoms with Crippen LogP contribution < -0.4 is 11.1 Å². The van der Waals surface area contributed by atoms with Crippen LogP contribution in [0.5, 0.6) is 0 Å². The van der Waals surface area contributed by atoms with Gasteiger partial charge in [0, 0.05) is 0 Å². The number of nitrogens with one attached hydrogen (secondary N) is 1. The second kappa shape index (κ2) is 3.91. The fourth-order valence-corrected chi connectivity index (χ4v) is 0.965. The van der Waals surface area contributed by atoms with Gasteiger partial charge in [-0.1, -0.05) is 0 Å². The second-order valence-corrected chi connectivity index (χ2v) is 2.65. The molecule has 1 aliphatic heterocycles. The zero-order chi connectivity index (χ0) is 10.7. The summed E-state index contributed by atoms with van der Waals surface area (Å²) in [4.78, 5) is 26.1. The fourth-order valence-electron chi connectivity index (χ4n) is 0.965. The lowest BCUT2D eigenvalue weighted by molar-refractivity contribution is -0.138. The van der Waals surface area contributed by atoms with Gasteiger partial charge in [0.15, 0.2) is 0 Å².